The Morgan fingerprint density at radius 3 is 2.32 bits per heavy atom. The van der Waals surface area contributed by atoms with Crippen LogP contribution in [0.3, 0.4) is 0 Å². The first kappa shape index (κ1) is 15.2. The lowest BCUT2D eigenvalue weighted by atomic mass is 10.0. The number of aliphatic hydroxyl groups excluding tert-OH is 1. The summed E-state index contributed by atoms with van der Waals surface area (Å²) < 4.78 is 1.78. The van der Waals surface area contributed by atoms with Gasteiger partial charge >= 0.3 is 0 Å². The lowest BCUT2D eigenvalue weighted by Gasteiger charge is -2.06. The van der Waals surface area contributed by atoms with Gasteiger partial charge < -0.3 is 5.11 Å². The van der Waals surface area contributed by atoms with Gasteiger partial charge in [-0.2, -0.15) is 5.10 Å². The minimum atomic E-state index is -0.0658. The molecule has 0 spiro atoms. The zero-order valence-electron chi connectivity index (χ0n) is 13.4. The van der Waals surface area contributed by atoms with Crippen molar-refractivity contribution in [3.8, 4) is 11.3 Å². The summed E-state index contributed by atoms with van der Waals surface area (Å²) >= 11 is 1.59. The molecule has 3 rings (SSSR count). The first-order valence-electron chi connectivity index (χ1n) is 7.60. The minimum Gasteiger partial charge on any atom is -0.390 e. The van der Waals surface area contributed by atoms with Crippen LogP contribution in [0.1, 0.15) is 55.8 Å². The van der Waals surface area contributed by atoms with Crippen LogP contribution < -0.4 is 0 Å². The molecule has 0 amide bonds. The number of hydrogen-bond donors (Lipinski definition) is 1. The maximum atomic E-state index is 9.76. The summed E-state index contributed by atoms with van der Waals surface area (Å²) in [6.45, 7) is 8.52. The Morgan fingerprint density at radius 2 is 1.77 bits per heavy atom. The fourth-order valence-corrected chi connectivity index (χ4v) is 3.36. The van der Waals surface area contributed by atoms with Crippen molar-refractivity contribution in [3.63, 3.8) is 0 Å². The molecular formula is C17H21N3OS. The largest absolute Gasteiger partial charge is 0.390 e. The summed E-state index contributed by atoms with van der Waals surface area (Å²) in [5, 5.41) is 15.4. The Hall–Kier alpha value is -1.72. The van der Waals surface area contributed by atoms with Crippen LogP contribution in [0.25, 0.3) is 16.2 Å². The number of aliphatic hydroxyl groups is 1. The Labute approximate surface area is 134 Å². The van der Waals surface area contributed by atoms with E-state index in [0.29, 0.717) is 11.8 Å². The van der Waals surface area contributed by atoms with Crippen molar-refractivity contribution in [2.24, 2.45) is 0 Å². The van der Waals surface area contributed by atoms with E-state index < -0.39 is 0 Å². The quantitative estimate of drug-likeness (QED) is 0.785. The highest BCUT2D eigenvalue weighted by Gasteiger charge is 2.18. The van der Waals surface area contributed by atoms with Gasteiger partial charge in [0.2, 0.25) is 4.96 Å². The fraction of sp³-hybridized carbons (Fsp3) is 0.412. The number of rotatable bonds is 4. The Morgan fingerprint density at radius 1 is 1.09 bits per heavy atom. The maximum absolute atomic E-state index is 9.76. The molecule has 0 saturated heterocycles. The van der Waals surface area contributed by atoms with Gasteiger partial charge in [-0.1, -0.05) is 63.3 Å². The molecule has 3 aromatic rings. The molecule has 5 heteroatoms. The first-order chi connectivity index (χ1) is 10.5. The Kier molecular flexibility index (Phi) is 4.02. The normalized spacial score (nSPS) is 12.0. The van der Waals surface area contributed by atoms with Crippen LogP contribution in [0.5, 0.6) is 0 Å². The highest BCUT2D eigenvalue weighted by atomic mass is 32.1. The van der Waals surface area contributed by atoms with Gasteiger partial charge in [0.05, 0.1) is 18.0 Å². The molecule has 0 aliphatic carbocycles. The lowest BCUT2D eigenvalue weighted by molar-refractivity contribution is 0.275. The van der Waals surface area contributed by atoms with Crippen LogP contribution in [-0.2, 0) is 6.61 Å². The first-order valence-corrected chi connectivity index (χ1v) is 8.42. The summed E-state index contributed by atoms with van der Waals surface area (Å²) in [5.41, 5.74) is 3.91. The van der Waals surface area contributed by atoms with Crippen LogP contribution in [0.15, 0.2) is 24.3 Å². The Bertz CT molecular complexity index is 784. The predicted molar refractivity (Wildman–Crippen MR) is 90.4 cm³/mol. The van der Waals surface area contributed by atoms with Crippen molar-refractivity contribution < 1.29 is 5.11 Å². The standard InChI is InChI=1S/C17H21N3OS/c1-10(2)12-5-7-13(8-6-12)15-14(9-21)20-17(18-15)22-16(19-20)11(3)4/h5-8,10-11,21H,9H2,1-4H3. The highest BCUT2D eigenvalue weighted by Crippen LogP contribution is 2.30. The van der Waals surface area contributed by atoms with E-state index in [9.17, 15) is 5.11 Å². The molecular weight excluding hydrogens is 294 g/mol. The molecule has 0 saturated carbocycles. The van der Waals surface area contributed by atoms with Gasteiger partial charge in [0, 0.05) is 11.5 Å². The molecule has 0 aliphatic rings. The summed E-state index contributed by atoms with van der Waals surface area (Å²) in [7, 11) is 0. The molecule has 1 aromatic carbocycles. The van der Waals surface area contributed by atoms with Crippen LogP contribution in [-0.4, -0.2) is 19.7 Å². The molecule has 22 heavy (non-hydrogen) atoms. The monoisotopic (exact) mass is 315 g/mol. The van der Waals surface area contributed by atoms with Crippen LogP contribution in [0.2, 0.25) is 0 Å². The maximum Gasteiger partial charge on any atom is 0.213 e. The van der Waals surface area contributed by atoms with Crippen molar-refractivity contribution >= 4 is 16.3 Å². The number of benzene rings is 1. The molecule has 0 unspecified atom stereocenters. The third-order valence-corrected chi connectivity index (χ3v) is 5.02. The van der Waals surface area contributed by atoms with E-state index in [1.54, 1.807) is 15.9 Å². The van der Waals surface area contributed by atoms with Gasteiger partial charge in [0.1, 0.15) is 5.01 Å². The van der Waals surface area contributed by atoms with Gasteiger partial charge in [-0.05, 0) is 11.5 Å². The molecule has 2 heterocycles. The van der Waals surface area contributed by atoms with Crippen LogP contribution in [0, 0.1) is 0 Å². The smallest absolute Gasteiger partial charge is 0.213 e. The number of imidazole rings is 1. The van der Waals surface area contributed by atoms with E-state index in [-0.39, 0.29) is 6.61 Å². The predicted octanol–water partition coefficient (Wildman–Crippen LogP) is 4.20. The highest BCUT2D eigenvalue weighted by molar-refractivity contribution is 7.16. The van der Waals surface area contributed by atoms with Gasteiger partial charge in [-0.25, -0.2) is 9.50 Å². The van der Waals surface area contributed by atoms with Crippen molar-refractivity contribution in [2.75, 3.05) is 0 Å². The van der Waals surface area contributed by atoms with Crippen LogP contribution >= 0.6 is 11.3 Å². The molecule has 2 aromatic heterocycles. The number of hydrogen-bond acceptors (Lipinski definition) is 4. The molecule has 1 N–H and O–H groups in total. The van der Waals surface area contributed by atoms with E-state index in [2.05, 4.69) is 57.1 Å². The third kappa shape index (κ3) is 2.55. The van der Waals surface area contributed by atoms with E-state index in [0.717, 1.165) is 26.9 Å². The van der Waals surface area contributed by atoms with Crippen molar-refractivity contribution in [1.29, 1.82) is 0 Å². The topological polar surface area (TPSA) is 50.4 Å². The van der Waals surface area contributed by atoms with E-state index in [1.807, 2.05) is 0 Å². The zero-order valence-corrected chi connectivity index (χ0v) is 14.2. The van der Waals surface area contributed by atoms with Gasteiger partial charge in [-0.15, -0.1) is 0 Å². The molecule has 116 valence electrons. The summed E-state index contributed by atoms with van der Waals surface area (Å²) in [6, 6.07) is 8.40. The average Bonchev–Trinajstić information content (AvgIpc) is 3.04. The van der Waals surface area contributed by atoms with E-state index in [1.165, 1.54) is 5.56 Å². The number of fused-ring (bicyclic) bond motifs is 1. The van der Waals surface area contributed by atoms with Crippen molar-refractivity contribution in [2.45, 2.75) is 46.1 Å². The summed E-state index contributed by atoms with van der Waals surface area (Å²) in [5.74, 6) is 0.874. The second-order valence-electron chi connectivity index (χ2n) is 6.13. The van der Waals surface area contributed by atoms with E-state index >= 15 is 0 Å². The molecule has 4 nitrogen and oxygen atoms in total. The SMILES string of the molecule is CC(C)c1ccc(-c2nc3sc(C(C)C)nn3c2CO)cc1. The zero-order chi connectivity index (χ0) is 15.9. The summed E-state index contributed by atoms with van der Waals surface area (Å²) in [6.07, 6.45) is 0. The Balaban J connectivity index is 2.08. The number of nitrogens with zero attached hydrogens (tertiary/aromatic N) is 3. The molecule has 0 radical (unpaired) electrons. The number of aromatic nitrogens is 3. The summed E-state index contributed by atoms with van der Waals surface area (Å²) in [4.78, 5) is 5.53. The van der Waals surface area contributed by atoms with Gasteiger partial charge in [0.15, 0.2) is 0 Å². The lowest BCUT2D eigenvalue weighted by Crippen LogP contribution is -1.97. The third-order valence-electron chi connectivity index (χ3n) is 3.81. The average molecular weight is 315 g/mol. The van der Waals surface area contributed by atoms with Crippen molar-refractivity contribution in [3.05, 3.63) is 40.5 Å². The molecule has 0 aliphatic heterocycles. The second kappa shape index (κ2) is 5.82. The van der Waals surface area contributed by atoms with Crippen molar-refractivity contribution in [1.82, 2.24) is 14.6 Å². The van der Waals surface area contributed by atoms with Gasteiger partial charge in [0.25, 0.3) is 0 Å². The second-order valence-corrected chi connectivity index (χ2v) is 7.12. The molecule has 0 bridgehead atoms. The van der Waals surface area contributed by atoms with Crippen LogP contribution in [0.4, 0.5) is 0 Å². The molecule has 0 atom stereocenters. The minimum absolute atomic E-state index is 0.0658. The molecule has 0 fully saturated rings. The van der Waals surface area contributed by atoms with E-state index in [4.69, 9.17) is 4.98 Å². The van der Waals surface area contributed by atoms with Gasteiger partial charge in [-0.3, -0.25) is 0 Å². The fourth-order valence-electron chi connectivity index (χ4n) is 2.44.